The smallest absolute Gasteiger partial charge is 0.262 e. The molecule has 0 aliphatic carbocycles. The van der Waals surface area contributed by atoms with E-state index in [9.17, 15) is 9.59 Å². The lowest BCUT2D eigenvalue weighted by atomic mass is 10.1. The number of thiophene rings is 1. The SMILES string of the molecule is Cc1ccc(NC(=O)Cc2nc(Cn3cnc4sc(-c5ccccc5)c(C)c4c3=O)cs2)cc1. The lowest BCUT2D eigenvalue weighted by Gasteiger charge is -2.04. The zero-order chi connectivity index (χ0) is 23.7. The number of thiazole rings is 1. The molecule has 0 unspecified atom stereocenters. The van der Waals surface area contributed by atoms with Gasteiger partial charge in [-0.2, -0.15) is 0 Å². The molecule has 0 fully saturated rings. The molecule has 34 heavy (non-hydrogen) atoms. The molecule has 0 saturated heterocycles. The number of aromatic nitrogens is 3. The van der Waals surface area contributed by atoms with E-state index in [1.807, 2.05) is 73.8 Å². The Labute approximate surface area is 204 Å². The Bertz CT molecular complexity index is 1530. The third-order valence-corrected chi connectivity index (χ3v) is 7.68. The quantitative estimate of drug-likeness (QED) is 0.347. The summed E-state index contributed by atoms with van der Waals surface area (Å²) in [4.78, 5) is 36.6. The number of anilines is 1. The number of benzene rings is 2. The molecular weight excluding hydrogens is 464 g/mol. The summed E-state index contributed by atoms with van der Waals surface area (Å²) in [5, 5.41) is 6.14. The first-order valence-electron chi connectivity index (χ1n) is 10.8. The summed E-state index contributed by atoms with van der Waals surface area (Å²) in [5.41, 5.74) is 4.60. The fourth-order valence-electron chi connectivity index (χ4n) is 3.79. The summed E-state index contributed by atoms with van der Waals surface area (Å²) in [7, 11) is 0. The van der Waals surface area contributed by atoms with Crippen LogP contribution < -0.4 is 10.9 Å². The highest BCUT2D eigenvalue weighted by Gasteiger charge is 2.16. The molecule has 8 heteroatoms. The van der Waals surface area contributed by atoms with Crippen LogP contribution in [0.5, 0.6) is 0 Å². The molecule has 170 valence electrons. The number of hydrogen-bond donors (Lipinski definition) is 1. The molecule has 1 amide bonds. The second kappa shape index (κ2) is 9.32. The number of nitrogens with zero attached hydrogens (tertiary/aromatic N) is 3. The fraction of sp³-hybridized carbons (Fsp3) is 0.154. The van der Waals surface area contributed by atoms with Gasteiger partial charge >= 0.3 is 0 Å². The number of rotatable bonds is 6. The summed E-state index contributed by atoms with van der Waals surface area (Å²) in [6.07, 6.45) is 1.77. The molecule has 0 saturated carbocycles. The maximum atomic E-state index is 13.3. The molecular formula is C26H22N4O2S2. The molecule has 3 aromatic heterocycles. The van der Waals surface area contributed by atoms with Crippen molar-refractivity contribution in [2.24, 2.45) is 0 Å². The highest BCUT2D eigenvalue weighted by molar-refractivity contribution is 7.22. The Morgan fingerprint density at radius 3 is 2.59 bits per heavy atom. The Kier molecular flexibility index (Phi) is 6.08. The van der Waals surface area contributed by atoms with Gasteiger partial charge in [-0.15, -0.1) is 22.7 Å². The molecule has 6 nitrogen and oxygen atoms in total. The molecule has 0 aliphatic heterocycles. The molecule has 5 rings (SSSR count). The predicted molar refractivity (Wildman–Crippen MR) is 139 cm³/mol. The number of aryl methyl sites for hydroxylation is 2. The summed E-state index contributed by atoms with van der Waals surface area (Å²) in [6.45, 7) is 4.29. The van der Waals surface area contributed by atoms with Crippen molar-refractivity contribution in [3.05, 3.63) is 98.5 Å². The van der Waals surface area contributed by atoms with Crippen LogP contribution in [0.2, 0.25) is 0 Å². The van der Waals surface area contributed by atoms with Crippen LogP contribution in [0, 0.1) is 13.8 Å². The zero-order valence-electron chi connectivity index (χ0n) is 18.7. The minimum atomic E-state index is -0.118. The van der Waals surface area contributed by atoms with Gasteiger partial charge in [0.1, 0.15) is 9.84 Å². The van der Waals surface area contributed by atoms with Crippen LogP contribution in [-0.4, -0.2) is 20.4 Å². The Hall–Kier alpha value is -3.62. The van der Waals surface area contributed by atoms with Gasteiger partial charge in [-0.1, -0.05) is 48.0 Å². The van der Waals surface area contributed by atoms with Crippen LogP contribution >= 0.6 is 22.7 Å². The second-order valence-electron chi connectivity index (χ2n) is 8.10. The summed E-state index contributed by atoms with van der Waals surface area (Å²) < 4.78 is 1.59. The first-order chi connectivity index (χ1) is 16.5. The molecule has 3 heterocycles. The van der Waals surface area contributed by atoms with Gasteiger partial charge in [-0.05, 0) is 37.1 Å². The highest BCUT2D eigenvalue weighted by Crippen LogP contribution is 2.35. The van der Waals surface area contributed by atoms with Crippen LogP contribution in [0.15, 0.2) is 71.1 Å². The van der Waals surface area contributed by atoms with Crippen LogP contribution in [0.1, 0.15) is 21.8 Å². The molecule has 5 aromatic rings. The second-order valence-corrected chi connectivity index (χ2v) is 10.0. The molecule has 1 N–H and O–H groups in total. The van der Waals surface area contributed by atoms with E-state index < -0.39 is 0 Å². The monoisotopic (exact) mass is 486 g/mol. The van der Waals surface area contributed by atoms with E-state index in [4.69, 9.17) is 0 Å². The van der Waals surface area contributed by atoms with E-state index in [1.165, 1.54) is 22.7 Å². The van der Waals surface area contributed by atoms with Gasteiger partial charge in [0.25, 0.3) is 5.56 Å². The lowest BCUT2D eigenvalue weighted by Crippen LogP contribution is -2.21. The first kappa shape index (κ1) is 22.2. The van der Waals surface area contributed by atoms with Gasteiger partial charge in [0.15, 0.2) is 0 Å². The van der Waals surface area contributed by atoms with Gasteiger partial charge in [0.05, 0.1) is 30.4 Å². The predicted octanol–water partition coefficient (Wildman–Crippen LogP) is 5.43. The summed E-state index contributed by atoms with van der Waals surface area (Å²) in [6, 6.07) is 17.7. The molecule has 0 spiro atoms. The van der Waals surface area contributed by atoms with Crippen molar-refractivity contribution in [2.75, 3.05) is 5.32 Å². The topological polar surface area (TPSA) is 76.9 Å². The highest BCUT2D eigenvalue weighted by atomic mass is 32.1. The van der Waals surface area contributed by atoms with Crippen molar-refractivity contribution in [2.45, 2.75) is 26.8 Å². The van der Waals surface area contributed by atoms with E-state index >= 15 is 0 Å². The zero-order valence-corrected chi connectivity index (χ0v) is 20.4. The number of hydrogen-bond acceptors (Lipinski definition) is 6. The van der Waals surface area contributed by atoms with E-state index in [0.29, 0.717) is 16.9 Å². The summed E-state index contributed by atoms with van der Waals surface area (Å²) in [5.74, 6) is -0.118. The average Bonchev–Trinajstić information content (AvgIpc) is 3.41. The van der Waals surface area contributed by atoms with E-state index in [1.54, 1.807) is 10.9 Å². The molecule has 0 bridgehead atoms. The van der Waals surface area contributed by atoms with Crippen molar-refractivity contribution in [1.29, 1.82) is 0 Å². The van der Waals surface area contributed by atoms with E-state index in [0.717, 1.165) is 37.8 Å². The fourth-order valence-corrected chi connectivity index (χ4v) is 5.72. The van der Waals surface area contributed by atoms with Gasteiger partial charge in [-0.25, -0.2) is 9.97 Å². The van der Waals surface area contributed by atoms with Crippen molar-refractivity contribution in [3.63, 3.8) is 0 Å². The van der Waals surface area contributed by atoms with Gasteiger partial charge in [0.2, 0.25) is 5.91 Å². The summed E-state index contributed by atoms with van der Waals surface area (Å²) >= 11 is 2.95. The third kappa shape index (κ3) is 4.55. The Morgan fingerprint density at radius 2 is 1.82 bits per heavy atom. The number of carbonyl (C=O) groups is 1. The maximum Gasteiger partial charge on any atom is 0.262 e. The normalized spacial score (nSPS) is 11.1. The molecule has 0 atom stereocenters. The number of nitrogens with one attached hydrogen (secondary N) is 1. The third-order valence-electron chi connectivity index (χ3n) is 5.53. The van der Waals surface area contributed by atoms with Gasteiger partial charge < -0.3 is 5.32 Å². The average molecular weight is 487 g/mol. The number of carbonyl (C=O) groups excluding carboxylic acids is 1. The van der Waals surface area contributed by atoms with Crippen molar-refractivity contribution in [3.8, 4) is 10.4 Å². The minimum absolute atomic E-state index is 0.0763. The Morgan fingerprint density at radius 1 is 1.06 bits per heavy atom. The number of amides is 1. The van der Waals surface area contributed by atoms with Gasteiger partial charge in [-0.3, -0.25) is 14.2 Å². The largest absolute Gasteiger partial charge is 0.326 e. The molecule has 0 aliphatic rings. The standard InChI is InChI=1S/C26H22N4O2S2/c1-16-8-10-19(11-9-16)28-21(31)12-22-29-20(14-33-22)13-30-15-27-25-23(26(30)32)17(2)24(34-25)18-6-4-3-5-7-18/h3-11,14-15H,12-13H2,1-2H3,(H,28,31). The number of fused-ring (bicyclic) bond motifs is 1. The lowest BCUT2D eigenvalue weighted by molar-refractivity contribution is -0.115. The van der Waals surface area contributed by atoms with Crippen LogP contribution in [0.25, 0.3) is 20.7 Å². The van der Waals surface area contributed by atoms with Gasteiger partial charge in [0, 0.05) is 15.9 Å². The van der Waals surface area contributed by atoms with Crippen molar-refractivity contribution < 1.29 is 4.79 Å². The van der Waals surface area contributed by atoms with Crippen LogP contribution in [0.4, 0.5) is 5.69 Å². The van der Waals surface area contributed by atoms with E-state index in [-0.39, 0.29) is 17.9 Å². The maximum absolute atomic E-state index is 13.3. The molecule has 2 aromatic carbocycles. The van der Waals surface area contributed by atoms with E-state index in [2.05, 4.69) is 15.3 Å². The van der Waals surface area contributed by atoms with Crippen molar-refractivity contribution in [1.82, 2.24) is 14.5 Å². The Balaban J connectivity index is 1.33. The van der Waals surface area contributed by atoms with Crippen molar-refractivity contribution >= 4 is 44.5 Å². The van der Waals surface area contributed by atoms with Crippen LogP contribution in [-0.2, 0) is 17.8 Å². The molecule has 0 radical (unpaired) electrons. The minimum Gasteiger partial charge on any atom is -0.326 e. The van der Waals surface area contributed by atoms with Crippen LogP contribution in [0.3, 0.4) is 0 Å². The first-order valence-corrected chi connectivity index (χ1v) is 12.5.